The van der Waals surface area contributed by atoms with Gasteiger partial charge in [0.05, 0.1) is 12.3 Å². The zero-order chi connectivity index (χ0) is 29.3. The second-order valence-electron chi connectivity index (χ2n) is 11.7. The van der Waals surface area contributed by atoms with E-state index < -0.39 is 0 Å². The molecule has 0 aliphatic carbocycles. The third-order valence-corrected chi connectivity index (χ3v) is 9.43. The van der Waals surface area contributed by atoms with Gasteiger partial charge in [-0.2, -0.15) is 4.98 Å². The molecule has 0 unspecified atom stereocenters. The molecule has 0 spiro atoms. The Morgan fingerprint density at radius 3 is 2.40 bits per heavy atom. The number of hydrogen-bond acceptors (Lipinski definition) is 8. The van der Waals surface area contributed by atoms with E-state index in [1.54, 1.807) is 4.52 Å². The van der Waals surface area contributed by atoms with E-state index in [9.17, 15) is 9.90 Å². The number of aliphatic hydroxyl groups is 1. The van der Waals surface area contributed by atoms with Gasteiger partial charge >= 0.3 is 0 Å². The molecule has 2 aromatic heterocycles. The molecule has 220 valence electrons. The van der Waals surface area contributed by atoms with Crippen LogP contribution in [0, 0.1) is 0 Å². The molecule has 9 nitrogen and oxygen atoms in total. The minimum atomic E-state index is -0.251. The zero-order valence-electron chi connectivity index (χ0n) is 24.3. The Morgan fingerprint density at radius 1 is 1.05 bits per heavy atom. The van der Waals surface area contributed by atoms with Crippen molar-refractivity contribution in [1.29, 1.82) is 0 Å². The molecule has 10 heteroatoms. The molecule has 2 aliphatic heterocycles. The van der Waals surface area contributed by atoms with E-state index >= 15 is 0 Å². The second-order valence-corrected chi connectivity index (χ2v) is 12.2. The lowest BCUT2D eigenvalue weighted by atomic mass is 9.73. The number of aliphatic hydroxyl groups excluding tert-OH is 1. The molecule has 2 N–H and O–H groups in total. The van der Waals surface area contributed by atoms with Crippen molar-refractivity contribution in [2.24, 2.45) is 0 Å². The number of nitrogens with one attached hydrogen (secondary N) is 1. The number of hydrogen-bond donors (Lipinski definition) is 3. The first-order valence-electron chi connectivity index (χ1n) is 14.7. The maximum absolute atomic E-state index is 13.1. The second kappa shape index (κ2) is 11.9. The minimum absolute atomic E-state index is 0.0528. The number of rotatable bonds is 7. The van der Waals surface area contributed by atoms with Crippen LogP contribution in [-0.4, -0.2) is 88.3 Å². The van der Waals surface area contributed by atoms with Gasteiger partial charge in [0.25, 0.3) is 5.91 Å². The van der Waals surface area contributed by atoms with Crippen LogP contribution in [0.15, 0.2) is 71.8 Å². The fraction of sp³-hybridized carbons (Fsp3) is 0.406. The zero-order valence-corrected chi connectivity index (χ0v) is 25.2. The highest BCUT2D eigenvalue weighted by Gasteiger charge is 2.36. The minimum Gasteiger partial charge on any atom is -0.395 e. The maximum Gasteiger partial charge on any atom is 0.253 e. The smallest absolute Gasteiger partial charge is 0.253 e. The molecule has 0 atom stereocenters. The molecule has 42 heavy (non-hydrogen) atoms. The molecular formula is C32H39N7O2S. The van der Waals surface area contributed by atoms with Gasteiger partial charge in [-0.05, 0) is 99.9 Å². The Morgan fingerprint density at radius 2 is 1.74 bits per heavy atom. The summed E-state index contributed by atoms with van der Waals surface area (Å²) in [7, 11) is 4.04. The Hall–Kier alpha value is -3.60. The Bertz CT molecular complexity index is 1520. The average molecular weight is 586 g/mol. The third kappa shape index (κ3) is 5.71. The molecule has 2 saturated heterocycles. The SMILES string of the molecule is CN1CCC(N(C)C(=O)c2ccc(Nc3nc4c(N5CCC(CO)(c6ccc(S)cc6)CC5)cccn4n3)cc2)CC1. The van der Waals surface area contributed by atoms with Crippen LogP contribution in [0.1, 0.15) is 41.6 Å². The number of anilines is 3. The van der Waals surface area contributed by atoms with E-state index in [0.29, 0.717) is 11.5 Å². The van der Waals surface area contributed by atoms with Gasteiger partial charge in [-0.25, -0.2) is 4.52 Å². The highest BCUT2D eigenvalue weighted by Crippen LogP contribution is 2.38. The van der Waals surface area contributed by atoms with Crippen molar-refractivity contribution in [3.05, 3.63) is 78.0 Å². The van der Waals surface area contributed by atoms with Gasteiger partial charge in [0.2, 0.25) is 5.95 Å². The van der Waals surface area contributed by atoms with E-state index in [1.165, 1.54) is 0 Å². The summed E-state index contributed by atoms with van der Waals surface area (Å²) in [5, 5.41) is 18.3. The van der Waals surface area contributed by atoms with Gasteiger partial charge in [-0.3, -0.25) is 4.79 Å². The Labute approximate surface area is 252 Å². The van der Waals surface area contributed by atoms with E-state index in [-0.39, 0.29) is 24.0 Å². The number of thiol groups is 1. The van der Waals surface area contributed by atoms with Gasteiger partial charge in [-0.1, -0.05) is 12.1 Å². The lowest BCUT2D eigenvalue weighted by Crippen LogP contribution is -2.45. The van der Waals surface area contributed by atoms with Crippen LogP contribution in [0.4, 0.5) is 17.3 Å². The molecular weight excluding hydrogens is 546 g/mol. The number of fused-ring (bicyclic) bond motifs is 1. The van der Waals surface area contributed by atoms with Crippen molar-refractivity contribution in [2.75, 3.05) is 57.1 Å². The van der Waals surface area contributed by atoms with Crippen LogP contribution in [0.5, 0.6) is 0 Å². The Balaban J connectivity index is 1.13. The predicted octanol–water partition coefficient (Wildman–Crippen LogP) is 4.46. The quantitative estimate of drug-likeness (QED) is 0.276. The number of benzene rings is 2. The van der Waals surface area contributed by atoms with Crippen molar-refractivity contribution in [1.82, 2.24) is 24.4 Å². The molecule has 0 saturated carbocycles. The average Bonchev–Trinajstić information content (AvgIpc) is 3.44. The fourth-order valence-corrected chi connectivity index (χ4v) is 6.45. The highest BCUT2D eigenvalue weighted by molar-refractivity contribution is 7.80. The largest absolute Gasteiger partial charge is 0.395 e. The van der Waals surface area contributed by atoms with Gasteiger partial charge in [-0.15, -0.1) is 17.7 Å². The number of carbonyl (C=O) groups is 1. The number of piperidine rings is 2. The van der Waals surface area contributed by atoms with Crippen LogP contribution in [0.25, 0.3) is 5.65 Å². The number of amides is 1. The van der Waals surface area contributed by atoms with Crippen LogP contribution >= 0.6 is 12.6 Å². The first-order valence-corrected chi connectivity index (χ1v) is 15.1. The predicted molar refractivity (Wildman–Crippen MR) is 169 cm³/mol. The van der Waals surface area contributed by atoms with E-state index in [0.717, 1.165) is 79.3 Å². The van der Waals surface area contributed by atoms with Gasteiger partial charge in [0.1, 0.15) is 0 Å². The van der Waals surface area contributed by atoms with Gasteiger partial charge in [0.15, 0.2) is 5.65 Å². The van der Waals surface area contributed by atoms with Crippen molar-refractivity contribution in [2.45, 2.75) is 42.0 Å². The van der Waals surface area contributed by atoms with E-state index in [2.05, 4.69) is 58.1 Å². The molecule has 1 amide bonds. The van der Waals surface area contributed by atoms with Gasteiger partial charge in [0, 0.05) is 53.9 Å². The summed E-state index contributed by atoms with van der Waals surface area (Å²) in [6.07, 6.45) is 5.59. The van der Waals surface area contributed by atoms with Crippen molar-refractivity contribution >= 4 is 41.5 Å². The van der Waals surface area contributed by atoms with Crippen LogP contribution in [-0.2, 0) is 5.41 Å². The fourth-order valence-electron chi connectivity index (χ4n) is 6.30. The summed E-state index contributed by atoms with van der Waals surface area (Å²) in [5.74, 6) is 0.551. The van der Waals surface area contributed by atoms with E-state index in [4.69, 9.17) is 4.98 Å². The monoisotopic (exact) mass is 585 g/mol. The van der Waals surface area contributed by atoms with Crippen LogP contribution in [0.2, 0.25) is 0 Å². The summed E-state index contributed by atoms with van der Waals surface area (Å²) in [4.78, 5) is 25.4. The molecule has 4 aromatic rings. The third-order valence-electron chi connectivity index (χ3n) is 9.13. The molecule has 4 heterocycles. The summed E-state index contributed by atoms with van der Waals surface area (Å²) in [6, 6.07) is 20.0. The number of likely N-dealkylation sites (tertiary alicyclic amines) is 1. The summed E-state index contributed by atoms with van der Waals surface area (Å²) < 4.78 is 1.80. The molecule has 2 aliphatic rings. The normalized spacial score (nSPS) is 17.9. The summed E-state index contributed by atoms with van der Waals surface area (Å²) in [6.45, 7) is 3.77. The number of nitrogens with zero attached hydrogens (tertiary/aromatic N) is 6. The lowest BCUT2D eigenvalue weighted by Gasteiger charge is -2.42. The topological polar surface area (TPSA) is 89.2 Å². The molecule has 2 aromatic carbocycles. The number of carbonyl (C=O) groups excluding carboxylic acids is 1. The van der Waals surface area contributed by atoms with Crippen molar-refractivity contribution in [3.63, 3.8) is 0 Å². The molecule has 0 bridgehead atoms. The molecule has 2 fully saturated rings. The van der Waals surface area contributed by atoms with Gasteiger partial charge < -0.3 is 25.1 Å². The first kappa shape index (κ1) is 28.5. The van der Waals surface area contributed by atoms with Crippen LogP contribution in [0.3, 0.4) is 0 Å². The standard InChI is InChI=1S/C32H39N7O2S/c1-36-18-13-26(14-19-36)37(2)30(41)23-5-9-25(10-6-23)33-31-34-29-28(4-3-17-39(29)35-31)38-20-15-32(22-40,16-21-38)24-7-11-27(42)12-8-24/h3-12,17,26,40,42H,13-16,18-22H2,1-2H3,(H,33,35). The van der Waals surface area contributed by atoms with E-state index in [1.807, 2.05) is 60.6 Å². The van der Waals surface area contributed by atoms with Crippen molar-refractivity contribution in [3.8, 4) is 0 Å². The summed E-state index contributed by atoms with van der Waals surface area (Å²) >= 11 is 4.41. The van der Waals surface area contributed by atoms with Crippen LogP contribution < -0.4 is 10.2 Å². The summed E-state index contributed by atoms with van der Waals surface area (Å²) in [5.41, 5.74) is 4.21. The highest BCUT2D eigenvalue weighted by atomic mass is 32.1. The maximum atomic E-state index is 13.1. The first-order chi connectivity index (χ1) is 20.3. The number of aromatic nitrogens is 3. The lowest BCUT2D eigenvalue weighted by molar-refractivity contribution is 0.0659. The molecule has 6 rings (SSSR count). The molecule has 0 radical (unpaired) electrons. The van der Waals surface area contributed by atoms with Crippen molar-refractivity contribution < 1.29 is 9.90 Å². The number of pyridine rings is 1. The Kier molecular flexibility index (Phi) is 8.11.